The molecular formula is C13H15NO2S3. The Morgan fingerprint density at radius 3 is 2.95 bits per heavy atom. The minimum Gasteiger partial charge on any atom is -0.308 e. The molecule has 0 bridgehead atoms. The molecule has 1 aliphatic heterocycles. The van der Waals surface area contributed by atoms with Crippen LogP contribution in [-0.4, -0.2) is 26.0 Å². The Balaban J connectivity index is 1.59. The molecule has 1 fully saturated rings. The molecule has 0 saturated carbocycles. The van der Waals surface area contributed by atoms with Crippen LogP contribution in [0.3, 0.4) is 0 Å². The lowest BCUT2D eigenvalue weighted by Gasteiger charge is -2.08. The average molecular weight is 313 g/mol. The van der Waals surface area contributed by atoms with Crippen molar-refractivity contribution in [2.45, 2.75) is 19.0 Å². The van der Waals surface area contributed by atoms with Crippen molar-refractivity contribution in [2.75, 3.05) is 11.5 Å². The molecule has 102 valence electrons. The summed E-state index contributed by atoms with van der Waals surface area (Å²) in [5, 5.41) is 7.59. The third-order valence-corrected chi connectivity index (χ3v) is 6.88. The van der Waals surface area contributed by atoms with Crippen molar-refractivity contribution in [3.8, 4) is 10.4 Å². The van der Waals surface area contributed by atoms with Crippen LogP contribution in [0.4, 0.5) is 0 Å². The van der Waals surface area contributed by atoms with Crippen LogP contribution in [0, 0.1) is 0 Å². The van der Waals surface area contributed by atoms with Gasteiger partial charge in [0.05, 0.1) is 11.5 Å². The fourth-order valence-corrected chi connectivity index (χ4v) is 5.58. The van der Waals surface area contributed by atoms with E-state index in [9.17, 15) is 8.42 Å². The van der Waals surface area contributed by atoms with Crippen LogP contribution in [0.1, 0.15) is 11.3 Å². The summed E-state index contributed by atoms with van der Waals surface area (Å²) in [6, 6.07) is 6.48. The quantitative estimate of drug-likeness (QED) is 0.944. The SMILES string of the molecule is O=S1(=O)CCC(NCc2cc(-c3cccs3)cs2)C1. The maximum atomic E-state index is 11.4. The first kappa shape index (κ1) is 13.3. The molecule has 2 aromatic heterocycles. The summed E-state index contributed by atoms with van der Waals surface area (Å²) >= 11 is 3.47. The van der Waals surface area contributed by atoms with E-state index in [2.05, 4.69) is 34.3 Å². The molecule has 3 heterocycles. The Hall–Kier alpha value is -0.690. The first-order valence-corrected chi connectivity index (χ1v) is 9.75. The zero-order chi connectivity index (χ0) is 13.3. The molecule has 0 spiro atoms. The van der Waals surface area contributed by atoms with Crippen LogP contribution < -0.4 is 5.32 Å². The van der Waals surface area contributed by atoms with E-state index in [1.807, 2.05) is 0 Å². The average Bonchev–Trinajstić information content (AvgIpc) is 3.04. The molecule has 0 radical (unpaired) electrons. The number of hydrogen-bond acceptors (Lipinski definition) is 5. The van der Waals surface area contributed by atoms with Crippen LogP contribution >= 0.6 is 22.7 Å². The van der Waals surface area contributed by atoms with Crippen LogP contribution in [-0.2, 0) is 16.4 Å². The van der Waals surface area contributed by atoms with E-state index in [0.717, 1.165) is 13.0 Å². The summed E-state index contributed by atoms with van der Waals surface area (Å²) in [6.45, 7) is 0.760. The van der Waals surface area contributed by atoms with Crippen LogP contribution in [0.25, 0.3) is 10.4 Å². The second-order valence-electron chi connectivity index (χ2n) is 4.76. The van der Waals surface area contributed by atoms with Gasteiger partial charge < -0.3 is 5.32 Å². The highest BCUT2D eigenvalue weighted by atomic mass is 32.2. The van der Waals surface area contributed by atoms with E-state index in [4.69, 9.17) is 0 Å². The summed E-state index contributed by atoms with van der Waals surface area (Å²) < 4.78 is 22.8. The highest BCUT2D eigenvalue weighted by Gasteiger charge is 2.27. The van der Waals surface area contributed by atoms with Crippen LogP contribution in [0.5, 0.6) is 0 Å². The Kier molecular flexibility index (Phi) is 3.75. The monoisotopic (exact) mass is 313 g/mol. The first-order valence-electron chi connectivity index (χ1n) is 6.17. The molecule has 1 unspecified atom stereocenters. The molecule has 1 aliphatic rings. The fraction of sp³-hybridized carbons (Fsp3) is 0.385. The number of nitrogens with one attached hydrogen (secondary N) is 1. The summed E-state index contributed by atoms with van der Waals surface area (Å²) in [5.41, 5.74) is 1.26. The van der Waals surface area contributed by atoms with E-state index >= 15 is 0 Å². The van der Waals surface area contributed by atoms with E-state index in [-0.39, 0.29) is 11.8 Å². The molecule has 1 N–H and O–H groups in total. The van der Waals surface area contributed by atoms with Gasteiger partial charge in [-0.2, -0.15) is 0 Å². The highest BCUT2D eigenvalue weighted by Crippen LogP contribution is 2.29. The van der Waals surface area contributed by atoms with Gasteiger partial charge in [-0.25, -0.2) is 8.42 Å². The van der Waals surface area contributed by atoms with Crippen molar-refractivity contribution in [1.29, 1.82) is 0 Å². The Labute approximate surface area is 121 Å². The summed E-state index contributed by atoms with van der Waals surface area (Å²) in [5.74, 6) is 0.617. The van der Waals surface area contributed by atoms with E-state index in [0.29, 0.717) is 5.75 Å². The van der Waals surface area contributed by atoms with Gasteiger partial charge in [0.25, 0.3) is 0 Å². The molecular weight excluding hydrogens is 298 g/mol. The second kappa shape index (κ2) is 5.36. The molecule has 3 rings (SSSR count). The van der Waals surface area contributed by atoms with Gasteiger partial charge in [-0.3, -0.25) is 0 Å². The maximum Gasteiger partial charge on any atom is 0.151 e. The Morgan fingerprint density at radius 1 is 1.37 bits per heavy atom. The van der Waals surface area contributed by atoms with Crippen molar-refractivity contribution < 1.29 is 8.42 Å². The Morgan fingerprint density at radius 2 is 2.26 bits per heavy atom. The van der Waals surface area contributed by atoms with Gasteiger partial charge in [-0.05, 0) is 29.3 Å². The normalized spacial score (nSPS) is 21.8. The molecule has 19 heavy (non-hydrogen) atoms. The predicted octanol–water partition coefficient (Wildman–Crippen LogP) is 2.75. The summed E-state index contributed by atoms with van der Waals surface area (Å²) in [7, 11) is -2.79. The fourth-order valence-electron chi connectivity index (χ4n) is 2.25. The second-order valence-corrected chi connectivity index (χ2v) is 8.93. The van der Waals surface area contributed by atoms with Gasteiger partial charge in [0, 0.05) is 27.9 Å². The largest absolute Gasteiger partial charge is 0.308 e. The molecule has 3 nitrogen and oxygen atoms in total. The Bertz CT molecular complexity index is 643. The van der Waals surface area contributed by atoms with E-state index in [1.165, 1.54) is 15.3 Å². The van der Waals surface area contributed by atoms with Gasteiger partial charge in [0.15, 0.2) is 9.84 Å². The first-order chi connectivity index (χ1) is 9.12. The van der Waals surface area contributed by atoms with E-state index in [1.54, 1.807) is 22.7 Å². The van der Waals surface area contributed by atoms with Gasteiger partial charge >= 0.3 is 0 Å². The standard InChI is InChI=1S/C13H15NO2S3/c15-19(16)5-3-11(9-19)14-7-12-6-10(8-18-12)13-2-1-4-17-13/h1-2,4,6,8,11,14H,3,5,7,9H2. The van der Waals surface area contributed by atoms with Crippen molar-refractivity contribution in [1.82, 2.24) is 5.32 Å². The summed E-state index contributed by atoms with van der Waals surface area (Å²) in [4.78, 5) is 2.54. The molecule has 1 saturated heterocycles. The van der Waals surface area contributed by atoms with Crippen molar-refractivity contribution in [3.63, 3.8) is 0 Å². The minimum absolute atomic E-state index is 0.122. The number of thiophene rings is 2. The third kappa shape index (κ3) is 3.25. The van der Waals surface area contributed by atoms with E-state index < -0.39 is 9.84 Å². The lowest BCUT2D eigenvalue weighted by molar-refractivity contribution is 0.557. The highest BCUT2D eigenvalue weighted by molar-refractivity contribution is 7.91. The molecule has 0 aliphatic carbocycles. The van der Waals surface area contributed by atoms with Crippen LogP contribution in [0.2, 0.25) is 0 Å². The number of rotatable bonds is 4. The van der Waals surface area contributed by atoms with Crippen molar-refractivity contribution in [2.24, 2.45) is 0 Å². The zero-order valence-corrected chi connectivity index (χ0v) is 12.8. The van der Waals surface area contributed by atoms with Crippen molar-refractivity contribution in [3.05, 3.63) is 33.8 Å². The molecule has 0 aromatic carbocycles. The lowest BCUT2D eigenvalue weighted by atomic mass is 10.2. The molecule has 6 heteroatoms. The number of hydrogen-bond donors (Lipinski definition) is 1. The zero-order valence-electron chi connectivity index (χ0n) is 10.3. The predicted molar refractivity (Wildman–Crippen MR) is 81.5 cm³/mol. The smallest absolute Gasteiger partial charge is 0.151 e. The molecule has 1 atom stereocenters. The van der Waals surface area contributed by atoms with Crippen LogP contribution in [0.15, 0.2) is 29.0 Å². The summed E-state index contributed by atoms with van der Waals surface area (Å²) in [6.07, 6.45) is 0.742. The van der Waals surface area contributed by atoms with Gasteiger partial charge in [0.2, 0.25) is 0 Å². The molecule has 0 amide bonds. The molecule has 2 aromatic rings. The van der Waals surface area contributed by atoms with Gasteiger partial charge in [0.1, 0.15) is 0 Å². The number of sulfone groups is 1. The van der Waals surface area contributed by atoms with Crippen molar-refractivity contribution >= 4 is 32.5 Å². The minimum atomic E-state index is -2.79. The lowest BCUT2D eigenvalue weighted by Crippen LogP contribution is -2.29. The van der Waals surface area contributed by atoms with Gasteiger partial charge in [-0.15, -0.1) is 22.7 Å². The maximum absolute atomic E-state index is 11.4. The van der Waals surface area contributed by atoms with Gasteiger partial charge in [-0.1, -0.05) is 6.07 Å². The topological polar surface area (TPSA) is 46.2 Å². The third-order valence-electron chi connectivity index (χ3n) is 3.26.